The largest absolute Gasteiger partial charge is 0.307 e. The Labute approximate surface area is 163 Å². The van der Waals surface area contributed by atoms with Gasteiger partial charge in [-0.2, -0.15) is 10.2 Å². The number of nitrogens with zero attached hydrogens (tertiary/aromatic N) is 4. The van der Waals surface area contributed by atoms with Crippen LogP contribution < -0.4 is 5.32 Å². The molecular formula is C16H11BrF5N5O. The van der Waals surface area contributed by atoms with E-state index in [1.807, 2.05) is 0 Å². The van der Waals surface area contributed by atoms with E-state index in [1.165, 1.54) is 23.1 Å². The molecule has 28 heavy (non-hydrogen) atoms. The Balaban J connectivity index is 1.76. The smallest absolute Gasteiger partial charge is 0.250 e. The lowest BCUT2D eigenvalue weighted by Crippen LogP contribution is -2.24. The molecule has 0 spiro atoms. The Morgan fingerprint density at radius 1 is 1.14 bits per heavy atom. The molecule has 6 nitrogen and oxygen atoms in total. The van der Waals surface area contributed by atoms with Crippen LogP contribution in [0, 0.1) is 29.1 Å². The molecule has 0 bridgehead atoms. The molecule has 1 atom stereocenters. The van der Waals surface area contributed by atoms with Gasteiger partial charge in [-0.3, -0.25) is 14.2 Å². The number of carbonyl (C=O) groups is 1. The van der Waals surface area contributed by atoms with Gasteiger partial charge in [-0.05, 0) is 22.9 Å². The second-order valence-corrected chi connectivity index (χ2v) is 6.67. The van der Waals surface area contributed by atoms with Crippen LogP contribution in [0.3, 0.4) is 0 Å². The van der Waals surface area contributed by atoms with Gasteiger partial charge in [0.25, 0.3) is 0 Å². The number of halogens is 6. The fourth-order valence-electron chi connectivity index (χ4n) is 2.35. The number of anilines is 1. The van der Waals surface area contributed by atoms with Gasteiger partial charge < -0.3 is 5.32 Å². The summed E-state index contributed by atoms with van der Waals surface area (Å²) < 4.78 is 70.2. The first-order chi connectivity index (χ1) is 13.2. The Kier molecular flexibility index (Phi) is 5.49. The van der Waals surface area contributed by atoms with E-state index < -0.39 is 53.1 Å². The molecule has 2 heterocycles. The predicted octanol–water partition coefficient (Wildman–Crippen LogP) is 3.79. The van der Waals surface area contributed by atoms with E-state index in [9.17, 15) is 26.7 Å². The first-order valence-electron chi connectivity index (χ1n) is 7.73. The number of aromatic nitrogens is 4. The van der Waals surface area contributed by atoms with E-state index in [1.54, 1.807) is 13.1 Å². The molecule has 3 rings (SSSR count). The van der Waals surface area contributed by atoms with Gasteiger partial charge in [-0.25, -0.2) is 22.0 Å². The maximum Gasteiger partial charge on any atom is 0.250 e. The van der Waals surface area contributed by atoms with Gasteiger partial charge in [-0.15, -0.1) is 0 Å². The second kappa shape index (κ2) is 7.70. The van der Waals surface area contributed by atoms with Gasteiger partial charge in [0.15, 0.2) is 29.1 Å². The van der Waals surface area contributed by atoms with Crippen molar-refractivity contribution in [3.63, 3.8) is 0 Å². The number of rotatable bonds is 5. The Morgan fingerprint density at radius 3 is 2.32 bits per heavy atom. The van der Waals surface area contributed by atoms with E-state index in [0.29, 0.717) is 4.47 Å². The third-order valence-corrected chi connectivity index (χ3v) is 4.27. The summed E-state index contributed by atoms with van der Waals surface area (Å²) in [7, 11) is 0. The van der Waals surface area contributed by atoms with Gasteiger partial charge >= 0.3 is 0 Å². The number of amides is 1. The van der Waals surface area contributed by atoms with E-state index in [0.717, 1.165) is 4.68 Å². The third-order valence-electron chi connectivity index (χ3n) is 3.86. The van der Waals surface area contributed by atoms with Gasteiger partial charge in [0.1, 0.15) is 6.04 Å². The van der Waals surface area contributed by atoms with Crippen LogP contribution in [0.15, 0.2) is 29.1 Å². The van der Waals surface area contributed by atoms with E-state index >= 15 is 0 Å². The summed E-state index contributed by atoms with van der Waals surface area (Å²) in [5, 5.41) is 10.3. The molecule has 0 radical (unpaired) electrons. The fourth-order valence-corrected chi connectivity index (χ4v) is 2.65. The molecule has 1 aromatic carbocycles. The lowest BCUT2D eigenvalue weighted by Gasteiger charge is -2.11. The monoisotopic (exact) mass is 463 g/mol. The lowest BCUT2D eigenvalue weighted by molar-refractivity contribution is -0.119. The first kappa shape index (κ1) is 20.0. The summed E-state index contributed by atoms with van der Waals surface area (Å²) in [6.07, 6.45) is 4.32. The van der Waals surface area contributed by atoms with Crippen molar-refractivity contribution in [1.29, 1.82) is 0 Å². The second-order valence-electron chi connectivity index (χ2n) is 5.75. The van der Waals surface area contributed by atoms with Crippen molar-refractivity contribution in [1.82, 2.24) is 19.6 Å². The lowest BCUT2D eigenvalue weighted by atomic mass is 10.1. The Bertz CT molecular complexity index is 1020. The molecule has 0 aliphatic heterocycles. The molecule has 0 saturated heterocycles. The molecule has 148 valence electrons. The van der Waals surface area contributed by atoms with E-state index in [2.05, 4.69) is 31.4 Å². The van der Waals surface area contributed by atoms with Gasteiger partial charge in [-0.1, -0.05) is 0 Å². The maximum absolute atomic E-state index is 13.8. The minimum Gasteiger partial charge on any atom is -0.307 e. The Hall–Kier alpha value is -2.76. The highest BCUT2D eigenvalue weighted by Gasteiger charge is 2.26. The SMILES string of the molecule is CC(C(=O)Nc1ccn(Cc2c(F)c(F)c(F)c(F)c2F)n1)n1cc(Br)cn1. The van der Waals surface area contributed by atoms with Crippen LogP contribution in [0.5, 0.6) is 0 Å². The zero-order valence-electron chi connectivity index (χ0n) is 14.1. The number of carbonyl (C=O) groups excluding carboxylic acids is 1. The normalized spacial score (nSPS) is 12.2. The van der Waals surface area contributed by atoms with Crippen molar-refractivity contribution in [3.8, 4) is 0 Å². The minimum absolute atomic E-state index is 0.0342. The van der Waals surface area contributed by atoms with Crippen LogP contribution in [0.4, 0.5) is 27.8 Å². The molecule has 0 saturated carbocycles. The molecule has 12 heteroatoms. The molecule has 1 N–H and O–H groups in total. The van der Waals surface area contributed by atoms with Crippen molar-refractivity contribution >= 4 is 27.7 Å². The zero-order valence-corrected chi connectivity index (χ0v) is 15.6. The molecule has 1 amide bonds. The summed E-state index contributed by atoms with van der Waals surface area (Å²) in [5.74, 6) is -10.6. The number of nitrogens with one attached hydrogen (secondary N) is 1. The Morgan fingerprint density at radius 2 is 1.75 bits per heavy atom. The van der Waals surface area contributed by atoms with Gasteiger partial charge in [0.2, 0.25) is 11.7 Å². The van der Waals surface area contributed by atoms with Gasteiger partial charge in [0, 0.05) is 18.5 Å². The topological polar surface area (TPSA) is 64.7 Å². The molecule has 0 aliphatic rings. The maximum atomic E-state index is 13.8. The van der Waals surface area contributed by atoms with Crippen molar-refractivity contribution < 1.29 is 26.7 Å². The molecule has 2 aromatic heterocycles. The number of hydrogen-bond acceptors (Lipinski definition) is 3. The third kappa shape index (κ3) is 3.77. The highest BCUT2D eigenvalue weighted by molar-refractivity contribution is 9.10. The fraction of sp³-hybridized carbons (Fsp3) is 0.188. The molecule has 1 unspecified atom stereocenters. The summed E-state index contributed by atoms with van der Waals surface area (Å²) >= 11 is 3.21. The molecule has 3 aromatic rings. The van der Waals surface area contributed by atoms with Crippen molar-refractivity contribution in [2.24, 2.45) is 0 Å². The summed E-state index contributed by atoms with van der Waals surface area (Å²) in [5.41, 5.74) is -1.04. The average Bonchev–Trinajstić information content (AvgIpc) is 3.30. The van der Waals surface area contributed by atoms with Crippen molar-refractivity contribution in [3.05, 3.63) is 63.8 Å². The van der Waals surface area contributed by atoms with Crippen molar-refractivity contribution in [2.75, 3.05) is 5.32 Å². The van der Waals surface area contributed by atoms with Crippen molar-refractivity contribution in [2.45, 2.75) is 19.5 Å². The summed E-state index contributed by atoms with van der Waals surface area (Å²) in [6, 6.07) is 0.627. The van der Waals surface area contributed by atoms with Crippen LogP contribution in [0.1, 0.15) is 18.5 Å². The molecule has 0 fully saturated rings. The quantitative estimate of drug-likeness (QED) is 0.355. The summed E-state index contributed by atoms with van der Waals surface area (Å²) in [6.45, 7) is 0.865. The summed E-state index contributed by atoms with van der Waals surface area (Å²) in [4.78, 5) is 12.2. The first-order valence-corrected chi connectivity index (χ1v) is 8.52. The molecular weight excluding hydrogens is 453 g/mol. The zero-order chi connectivity index (χ0) is 20.6. The van der Waals surface area contributed by atoms with Crippen LogP contribution in [-0.4, -0.2) is 25.5 Å². The predicted molar refractivity (Wildman–Crippen MR) is 90.8 cm³/mol. The van der Waals surface area contributed by atoms with Gasteiger partial charge in [0.05, 0.1) is 22.8 Å². The van der Waals surface area contributed by atoms with Crippen LogP contribution >= 0.6 is 15.9 Å². The van der Waals surface area contributed by atoms with Crippen LogP contribution in [0.2, 0.25) is 0 Å². The highest BCUT2D eigenvalue weighted by Crippen LogP contribution is 2.24. The number of benzene rings is 1. The van der Waals surface area contributed by atoms with E-state index in [-0.39, 0.29) is 5.82 Å². The average molecular weight is 464 g/mol. The molecule has 0 aliphatic carbocycles. The highest BCUT2D eigenvalue weighted by atomic mass is 79.9. The van der Waals surface area contributed by atoms with Crippen LogP contribution in [0.25, 0.3) is 0 Å². The van der Waals surface area contributed by atoms with E-state index in [4.69, 9.17) is 0 Å². The standard InChI is InChI=1S/C16H11BrF5N5O/c1-7(27-5-8(17)4-23-27)16(28)24-10-2-3-26(25-10)6-9-11(18)13(20)15(22)14(21)12(9)19/h2-5,7H,6H2,1H3,(H,24,25,28). The van der Waals surface area contributed by atoms with Crippen LogP contribution in [-0.2, 0) is 11.3 Å². The number of hydrogen-bond donors (Lipinski definition) is 1. The minimum atomic E-state index is -2.23.